The molecule has 0 aliphatic heterocycles. The van der Waals surface area contributed by atoms with Crippen molar-refractivity contribution in [3.8, 4) is 0 Å². The highest BCUT2D eigenvalue weighted by atomic mass is 35.5. The lowest BCUT2D eigenvalue weighted by molar-refractivity contribution is -0.140. The first-order valence-electron chi connectivity index (χ1n) is 4.05. The molecule has 1 aromatic carbocycles. The number of hydrogen-bond acceptors (Lipinski definition) is 1. The molecule has 0 bridgehead atoms. The summed E-state index contributed by atoms with van der Waals surface area (Å²) in [6, 6.07) is 2.33. The van der Waals surface area contributed by atoms with Crippen LogP contribution in [0.1, 0.15) is 11.1 Å². The van der Waals surface area contributed by atoms with E-state index >= 15 is 0 Å². The number of allylic oxidation sites excluding steroid dienone is 1. The molecule has 0 amide bonds. The van der Waals surface area contributed by atoms with Crippen LogP contribution >= 0.6 is 11.6 Å². The summed E-state index contributed by atoms with van der Waals surface area (Å²) in [4.78, 5) is 10.3. The van der Waals surface area contributed by atoms with Crippen molar-refractivity contribution < 1.29 is 22.4 Å². The molecule has 1 rings (SSSR count). The molecule has 0 radical (unpaired) electrons. The first kappa shape index (κ1) is 12.7. The fourth-order valence-corrected chi connectivity index (χ4v) is 1.09. The van der Waals surface area contributed by atoms with Crippen molar-refractivity contribution >= 4 is 22.9 Å². The highest BCUT2D eigenvalue weighted by Crippen LogP contribution is 2.31. The van der Waals surface area contributed by atoms with Crippen LogP contribution in [0.4, 0.5) is 17.6 Å². The predicted molar refractivity (Wildman–Crippen MR) is 51.3 cm³/mol. The van der Waals surface area contributed by atoms with Crippen LogP contribution in [0.3, 0.4) is 0 Å². The van der Waals surface area contributed by atoms with Gasteiger partial charge in [-0.3, -0.25) is 4.79 Å². The Morgan fingerprint density at radius 3 is 2.38 bits per heavy atom. The van der Waals surface area contributed by atoms with Crippen LogP contribution in [0.15, 0.2) is 24.3 Å². The summed E-state index contributed by atoms with van der Waals surface area (Å²) in [7, 11) is 0. The number of benzene rings is 1. The van der Waals surface area contributed by atoms with E-state index < -0.39 is 22.8 Å². The second kappa shape index (κ2) is 4.65. The molecule has 0 saturated heterocycles. The van der Waals surface area contributed by atoms with Gasteiger partial charge in [0.15, 0.2) is 0 Å². The van der Waals surface area contributed by atoms with Crippen LogP contribution in [-0.4, -0.2) is 5.24 Å². The molecule has 0 aliphatic rings. The smallest absolute Gasteiger partial charge is 0.276 e. The highest BCUT2D eigenvalue weighted by Gasteiger charge is 2.33. The van der Waals surface area contributed by atoms with E-state index in [-0.39, 0.29) is 5.56 Å². The molecule has 0 atom stereocenters. The lowest BCUT2D eigenvalue weighted by atomic mass is 10.1. The molecule has 6 heteroatoms. The molecule has 1 aromatic rings. The standard InChI is InChI=1S/C10H5ClF4O/c11-9(16)4-2-6-1-3-7(8(12)5-6)10(13,14)15/h1-5H/b4-2+. The molecule has 0 heterocycles. The van der Waals surface area contributed by atoms with Crippen LogP contribution in [0.2, 0.25) is 0 Å². The Morgan fingerprint density at radius 2 is 1.94 bits per heavy atom. The number of halogens is 5. The SMILES string of the molecule is O=C(Cl)/C=C/c1ccc(C(F)(F)F)c(F)c1. The highest BCUT2D eigenvalue weighted by molar-refractivity contribution is 6.66. The van der Waals surface area contributed by atoms with Crippen molar-refractivity contribution in [2.75, 3.05) is 0 Å². The molecule has 86 valence electrons. The first-order chi connectivity index (χ1) is 7.30. The minimum atomic E-state index is -4.73. The summed E-state index contributed by atoms with van der Waals surface area (Å²) in [5.74, 6) is -1.39. The van der Waals surface area contributed by atoms with Crippen LogP contribution < -0.4 is 0 Å². The van der Waals surface area contributed by atoms with Crippen LogP contribution in [0.25, 0.3) is 6.08 Å². The predicted octanol–water partition coefficient (Wildman–Crippen LogP) is 3.62. The summed E-state index contributed by atoms with van der Waals surface area (Å²) in [6.45, 7) is 0. The van der Waals surface area contributed by atoms with Gasteiger partial charge >= 0.3 is 6.18 Å². The van der Waals surface area contributed by atoms with Crippen molar-refractivity contribution in [1.29, 1.82) is 0 Å². The topological polar surface area (TPSA) is 17.1 Å². The van der Waals surface area contributed by atoms with Crippen LogP contribution in [0.5, 0.6) is 0 Å². The Kier molecular flexibility index (Phi) is 3.70. The van der Waals surface area contributed by atoms with Gasteiger partial charge in [-0.05, 0) is 35.4 Å². The van der Waals surface area contributed by atoms with Crippen molar-refractivity contribution in [2.45, 2.75) is 6.18 Å². The fourth-order valence-electron chi connectivity index (χ4n) is 1.03. The van der Waals surface area contributed by atoms with Crippen LogP contribution in [0, 0.1) is 5.82 Å². The second-order valence-corrected chi connectivity index (χ2v) is 3.25. The van der Waals surface area contributed by atoms with Gasteiger partial charge < -0.3 is 0 Å². The monoisotopic (exact) mass is 252 g/mol. The number of carbonyl (C=O) groups is 1. The van der Waals surface area contributed by atoms with Crippen molar-refractivity contribution in [3.63, 3.8) is 0 Å². The van der Waals surface area contributed by atoms with E-state index in [2.05, 4.69) is 0 Å². The third-order valence-corrected chi connectivity index (χ3v) is 1.83. The quantitative estimate of drug-likeness (QED) is 0.446. The molecule has 0 aliphatic carbocycles. The average molecular weight is 253 g/mol. The zero-order valence-electron chi connectivity index (χ0n) is 7.68. The summed E-state index contributed by atoms with van der Waals surface area (Å²) in [6.07, 6.45) is -2.68. The fraction of sp³-hybridized carbons (Fsp3) is 0.100. The van der Waals surface area contributed by atoms with Gasteiger partial charge in [0, 0.05) is 0 Å². The third-order valence-electron chi connectivity index (χ3n) is 1.71. The van der Waals surface area contributed by atoms with Gasteiger partial charge in [0.2, 0.25) is 5.24 Å². The lowest BCUT2D eigenvalue weighted by Crippen LogP contribution is -2.07. The maximum absolute atomic E-state index is 13.0. The van der Waals surface area contributed by atoms with E-state index in [0.29, 0.717) is 12.1 Å². The molecular weight excluding hydrogens is 248 g/mol. The van der Waals surface area contributed by atoms with Crippen molar-refractivity contribution in [1.82, 2.24) is 0 Å². The number of carbonyl (C=O) groups excluding carboxylic acids is 1. The summed E-state index contributed by atoms with van der Waals surface area (Å²) >= 11 is 4.97. The van der Waals surface area contributed by atoms with E-state index in [0.717, 1.165) is 18.2 Å². The molecule has 0 aromatic heterocycles. The van der Waals surface area contributed by atoms with E-state index in [9.17, 15) is 22.4 Å². The van der Waals surface area contributed by atoms with Gasteiger partial charge in [-0.1, -0.05) is 12.1 Å². The van der Waals surface area contributed by atoms with Crippen molar-refractivity contribution in [2.24, 2.45) is 0 Å². The van der Waals surface area contributed by atoms with Crippen molar-refractivity contribution in [3.05, 3.63) is 41.2 Å². The normalized spacial score (nSPS) is 12.1. The first-order valence-corrected chi connectivity index (χ1v) is 4.43. The Morgan fingerprint density at radius 1 is 1.31 bits per heavy atom. The van der Waals surface area contributed by atoms with E-state index in [4.69, 9.17) is 11.6 Å². The van der Waals surface area contributed by atoms with Gasteiger partial charge in [0.25, 0.3) is 0 Å². The summed E-state index contributed by atoms with van der Waals surface area (Å²) < 4.78 is 49.5. The molecule has 0 unspecified atom stereocenters. The summed E-state index contributed by atoms with van der Waals surface area (Å²) in [5.41, 5.74) is -1.22. The molecule has 0 fully saturated rings. The molecular formula is C10H5ClF4O. The molecule has 1 nitrogen and oxygen atoms in total. The average Bonchev–Trinajstić information content (AvgIpc) is 2.12. The number of hydrogen-bond donors (Lipinski definition) is 0. The molecule has 0 spiro atoms. The zero-order chi connectivity index (χ0) is 12.3. The molecule has 0 saturated carbocycles. The number of alkyl halides is 3. The van der Waals surface area contributed by atoms with Gasteiger partial charge in [0.1, 0.15) is 5.82 Å². The van der Waals surface area contributed by atoms with E-state index in [1.807, 2.05) is 0 Å². The lowest BCUT2D eigenvalue weighted by Gasteiger charge is -2.07. The van der Waals surface area contributed by atoms with E-state index in [1.165, 1.54) is 0 Å². The molecule has 16 heavy (non-hydrogen) atoms. The Labute approximate surface area is 93.3 Å². The van der Waals surface area contributed by atoms with Gasteiger partial charge in [-0.25, -0.2) is 4.39 Å². The van der Waals surface area contributed by atoms with Crippen LogP contribution in [-0.2, 0) is 11.0 Å². The number of rotatable bonds is 2. The van der Waals surface area contributed by atoms with Gasteiger partial charge in [-0.2, -0.15) is 13.2 Å². The minimum Gasteiger partial charge on any atom is -0.276 e. The molecule has 0 N–H and O–H groups in total. The van der Waals surface area contributed by atoms with E-state index in [1.54, 1.807) is 0 Å². The maximum atomic E-state index is 13.0. The Bertz CT molecular complexity index is 437. The largest absolute Gasteiger partial charge is 0.419 e. The van der Waals surface area contributed by atoms with Gasteiger partial charge in [-0.15, -0.1) is 0 Å². The van der Waals surface area contributed by atoms with Gasteiger partial charge in [0.05, 0.1) is 5.56 Å². The maximum Gasteiger partial charge on any atom is 0.419 e. The second-order valence-electron chi connectivity index (χ2n) is 2.87. The third kappa shape index (κ3) is 3.34. The zero-order valence-corrected chi connectivity index (χ0v) is 8.44. The Balaban J connectivity index is 3.05. The summed E-state index contributed by atoms with van der Waals surface area (Å²) in [5, 5.41) is -0.791. The minimum absolute atomic E-state index is 0.125. The Hall–Kier alpha value is -1.36.